The molecule has 8 heteroatoms. The number of rotatable bonds is 4. The smallest absolute Gasteiger partial charge is 0.316 e. The highest BCUT2D eigenvalue weighted by Crippen LogP contribution is 2.17. The average Bonchev–Trinajstić information content (AvgIpc) is 2.68. The van der Waals surface area contributed by atoms with Crippen LogP contribution in [0.15, 0.2) is 48.5 Å². The van der Waals surface area contributed by atoms with E-state index in [1.807, 2.05) is 0 Å². The summed E-state index contributed by atoms with van der Waals surface area (Å²) in [5.74, 6) is -1.15. The lowest BCUT2D eigenvalue weighted by Gasteiger charge is -2.32. The van der Waals surface area contributed by atoms with Crippen LogP contribution in [0.25, 0.3) is 0 Å². The number of nitrogens with two attached hydrogens (primary N) is 1. The van der Waals surface area contributed by atoms with Gasteiger partial charge in [0.05, 0.1) is 5.56 Å². The normalized spacial score (nSPS) is 14.4. The van der Waals surface area contributed by atoms with Crippen molar-refractivity contribution in [1.82, 2.24) is 10.2 Å². The van der Waals surface area contributed by atoms with Crippen molar-refractivity contribution in [2.75, 3.05) is 18.4 Å². The fourth-order valence-electron chi connectivity index (χ4n) is 3.18. The molecule has 1 aliphatic heterocycles. The molecule has 1 heterocycles. The zero-order valence-electron chi connectivity index (χ0n) is 15.2. The molecule has 1 saturated heterocycles. The highest BCUT2D eigenvalue weighted by molar-refractivity contribution is 5.97. The third-order valence-corrected chi connectivity index (χ3v) is 4.61. The number of carbonyl (C=O) groups is 3. The summed E-state index contributed by atoms with van der Waals surface area (Å²) in [4.78, 5) is 37.4. The molecule has 0 aliphatic carbocycles. The molecule has 2 aromatic carbocycles. The number of piperidine rings is 1. The molecule has 4 N–H and O–H groups in total. The van der Waals surface area contributed by atoms with E-state index in [9.17, 15) is 18.8 Å². The van der Waals surface area contributed by atoms with Crippen LogP contribution >= 0.6 is 0 Å². The van der Waals surface area contributed by atoms with Gasteiger partial charge in [0.25, 0.3) is 11.8 Å². The number of benzene rings is 2. The van der Waals surface area contributed by atoms with Gasteiger partial charge in [0.2, 0.25) is 0 Å². The highest BCUT2D eigenvalue weighted by atomic mass is 19.1. The van der Waals surface area contributed by atoms with Crippen molar-refractivity contribution in [2.24, 2.45) is 5.73 Å². The number of hydrogen-bond acceptors (Lipinski definition) is 3. The molecule has 0 bridgehead atoms. The lowest BCUT2D eigenvalue weighted by atomic mass is 10.0. The van der Waals surface area contributed by atoms with Crippen molar-refractivity contribution in [3.05, 3.63) is 65.5 Å². The fourth-order valence-corrected chi connectivity index (χ4v) is 3.18. The molecule has 4 amide bonds. The Balaban J connectivity index is 1.55. The van der Waals surface area contributed by atoms with Gasteiger partial charge in [0.1, 0.15) is 5.82 Å². The summed E-state index contributed by atoms with van der Waals surface area (Å²) in [6.07, 6.45) is 1.15. The van der Waals surface area contributed by atoms with Crippen LogP contribution < -0.4 is 16.4 Å². The maximum Gasteiger partial charge on any atom is 0.316 e. The monoisotopic (exact) mass is 384 g/mol. The fraction of sp³-hybridized carbons (Fsp3) is 0.250. The molecule has 0 unspecified atom stereocenters. The van der Waals surface area contributed by atoms with Gasteiger partial charge < -0.3 is 21.3 Å². The minimum Gasteiger partial charge on any atom is -0.351 e. The van der Waals surface area contributed by atoms with E-state index in [0.29, 0.717) is 37.2 Å². The largest absolute Gasteiger partial charge is 0.351 e. The molecule has 7 nitrogen and oxygen atoms in total. The van der Waals surface area contributed by atoms with E-state index in [4.69, 9.17) is 5.73 Å². The van der Waals surface area contributed by atoms with E-state index < -0.39 is 11.8 Å². The Hall–Kier alpha value is -3.42. The van der Waals surface area contributed by atoms with Gasteiger partial charge in [-0.1, -0.05) is 18.2 Å². The number of carbonyl (C=O) groups excluding carboxylic acids is 3. The van der Waals surface area contributed by atoms with Crippen LogP contribution in [0.3, 0.4) is 0 Å². The third-order valence-electron chi connectivity index (χ3n) is 4.61. The first-order valence-corrected chi connectivity index (χ1v) is 8.95. The number of likely N-dealkylation sites (tertiary alicyclic amines) is 1. The van der Waals surface area contributed by atoms with Crippen molar-refractivity contribution in [3.63, 3.8) is 0 Å². The number of amides is 4. The minimum atomic E-state index is -0.704. The van der Waals surface area contributed by atoms with Gasteiger partial charge in [-0.2, -0.15) is 0 Å². The van der Waals surface area contributed by atoms with E-state index in [-0.39, 0.29) is 23.4 Å². The Morgan fingerprint density at radius 2 is 1.75 bits per heavy atom. The molecule has 0 saturated carbocycles. The second-order valence-electron chi connectivity index (χ2n) is 6.59. The number of anilines is 1. The topological polar surface area (TPSA) is 105 Å². The number of hydrogen-bond donors (Lipinski definition) is 3. The molecule has 28 heavy (non-hydrogen) atoms. The van der Waals surface area contributed by atoms with Crippen LogP contribution in [0.4, 0.5) is 14.9 Å². The summed E-state index contributed by atoms with van der Waals surface area (Å²) in [6.45, 7) is 0.864. The van der Waals surface area contributed by atoms with Crippen LogP contribution in [0.1, 0.15) is 33.6 Å². The molecule has 0 atom stereocenters. The van der Waals surface area contributed by atoms with Gasteiger partial charge in [0.15, 0.2) is 0 Å². The summed E-state index contributed by atoms with van der Waals surface area (Å²) < 4.78 is 13.8. The predicted molar refractivity (Wildman–Crippen MR) is 102 cm³/mol. The van der Waals surface area contributed by atoms with Crippen molar-refractivity contribution >= 4 is 23.5 Å². The minimum absolute atomic E-state index is 0.0590. The summed E-state index contributed by atoms with van der Waals surface area (Å²) >= 11 is 0. The molecular weight excluding hydrogens is 363 g/mol. The van der Waals surface area contributed by atoms with Crippen molar-refractivity contribution in [2.45, 2.75) is 18.9 Å². The molecule has 0 aromatic heterocycles. The number of halogens is 1. The van der Waals surface area contributed by atoms with Crippen LogP contribution in [-0.4, -0.2) is 41.9 Å². The maximum absolute atomic E-state index is 13.8. The Morgan fingerprint density at radius 1 is 1.04 bits per heavy atom. The third kappa shape index (κ3) is 4.64. The summed E-state index contributed by atoms with van der Waals surface area (Å²) in [5, 5.41) is 5.36. The molecule has 1 aliphatic rings. The zero-order valence-corrected chi connectivity index (χ0v) is 15.2. The van der Waals surface area contributed by atoms with Crippen molar-refractivity contribution in [3.8, 4) is 0 Å². The summed E-state index contributed by atoms with van der Waals surface area (Å²) in [6, 6.07) is 11.6. The molecule has 0 radical (unpaired) electrons. The Labute approximate surface area is 161 Å². The maximum atomic E-state index is 13.8. The quantitative estimate of drug-likeness (QED) is 0.754. The highest BCUT2D eigenvalue weighted by Gasteiger charge is 2.26. The van der Waals surface area contributed by atoms with E-state index >= 15 is 0 Å². The van der Waals surface area contributed by atoms with Gasteiger partial charge in [0, 0.05) is 30.4 Å². The number of nitrogens with zero attached hydrogens (tertiary/aromatic N) is 1. The number of primary amides is 1. The van der Waals surface area contributed by atoms with Crippen LogP contribution in [0.5, 0.6) is 0 Å². The number of urea groups is 1. The summed E-state index contributed by atoms with van der Waals surface area (Å²) in [7, 11) is 0. The molecule has 1 fully saturated rings. The second-order valence-corrected chi connectivity index (χ2v) is 6.59. The standard InChI is InChI=1S/C20H21FN4O3/c21-17-7-2-1-6-16(17)19(27)25-10-8-14(9-11-25)23-18(26)13-4-3-5-15(12-13)24-20(22)28/h1-7,12,14H,8-11H2,(H,23,26)(H3,22,24,28). The molecule has 2 aromatic rings. The first-order chi connectivity index (χ1) is 13.4. The molecule has 146 valence electrons. The molecule has 0 spiro atoms. The van der Waals surface area contributed by atoms with Crippen LogP contribution in [0.2, 0.25) is 0 Å². The second kappa shape index (κ2) is 8.51. The van der Waals surface area contributed by atoms with Gasteiger partial charge in [-0.25, -0.2) is 9.18 Å². The predicted octanol–water partition coefficient (Wildman–Crippen LogP) is 2.35. The molecule has 3 rings (SSSR count). The van der Waals surface area contributed by atoms with Gasteiger partial charge in [-0.3, -0.25) is 9.59 Å². The van der Waals surface area contributed by atoms with E-state index in [2.05, 4.69) is 10.6 Å². The van der Waals surface area contributed by atoms with E-state index in [1.54, 1.807) is 35.2 Å². The lowest BCUT2D eigenvalue weighted by molar-refractivity contribution is 0.0693. The number of nitrogens with one attached hydrogen (secondary N) is 2. The SMILES string of the molecule is NC(=O)Nc1cccc(C(=O)NC2CCN(C(=O)c3ccccc3F)CC2)c1. The Bertz CT molecular complexity index is 895. The van der Waals surface area contributed by atoms with E-state index in [0.717, 1.165) is 0 Å². The van der Waals surface area contributed by atoms with Crippen LogP contribution in [-0.2, 0) is 0 Å². The van der Waals surface area contributed by atoms with Gasteiger partial charge in [-0.05, 0) is 43.2 Å². The summed E-state index contributed by atoms with van der Waals surface area (Å²) in [5.41, 5.74) is 5.98. The van der Waals surface area contributed by atoms with Gasteiger partial charge in [-0.15, -0.1) is 0 Å². The van der Waals surface area contributed by atoms with Crippen LogP contribution in [0, 0.1) is 5.82 Å². The van der Waals surface area contributed by atoms with Crippen molar-refractivity contribution < 1.29 is 18.8 Å². The first kappa shape index (κ1) is 19.3. The average molecular weight is 384 g/mol. The molecular formula is C20H21FN4O3. The van der Waals surface area contributed by atoms with Gasteiger partial charge >= 0.3 is 6.03 Å². The first-order valence-electron chi connectivity index (χ1n) is 8.95. The Kier molecular flexibility index (Phi) is 5.88. The van der Waals surface area contributed by atoms with Crippen molar-refractivity contribution in [1.29, 1.82) is 0 Å². The lowest BCUT2D eigenvalue weighted by Crippen LogP contribution is -2.46. The van der Waals surface area contributed by atoms with E-state index in [1.165, 1.54) is 18.2 Å². The zero-order chi connectivity index (χ0) is 20.1. The Morgan fingerprint density at radius 3 is 2.43 bits per heavy atom.